The standard InChI is InChI=1S/C16H27NS/c1-12-10-18-11-13(12)9-17-15-7-5-14(6-8-15)16(2,3)4/h10-11,14-15,17H,5-9H2,1-4H3. The highest BCUT2D eigenvalue weighted by atomic mass is 32.1. The van der Waals surface area contributed by atoms with Gasteiger partial charge in [-0.3, -0.25) is 0 Å². The molecule has 0 aliphatic heterocycles. The monoisotopic (exact) mass is 265 g/mol. The molecule has 0 spiro atoms. The van der Waals surface area contributed by atoms with Crippen LogP contribution in [-0.4, -0.2) is 6.04 Å². The lowest BCUT2D eigenvalue weighted by molar-refractivity contribution is 0.160. The van der Waals surface area contributed by atoms with Gasteiger partial charge in [-0.2, -0.15) is 11.3 Å². The smallest absolute Gasteiger partial charge is 0.0218 e. The van der Waals surface area contributed by atoms with Crippen molar-refractivity contribution in [3.8, 4) is 0 Å². The summed E-state index contributed by atoms with van der Waals surface area (Å²) in [7, 11) is 0. The highest BCUT2D eigenvalue weighted by Crippen LogP contribution is 2.37. The van der Waals surface area contributed by atoms with Crippen molar-refractivity contribution in [2.45, 2.75) is 66.0 Å². The molecule has 1 aromatic heterocycles. The Morgan fingerprint density at radius 1 is 1.17 bits per heavy atom. The predicted molar refractivity (Wildman–Crippen MR) is 81.1 cm³/mol. The first-order valence-corrected chi connectivity index (χ1v) is 8.16. The Labute approximate surface area is 116 Å². The number of aryl methyl sites for hydroxylation is 1. The van der Waals surface area contributed by atoms with Crippen molar-refractivity contribution >= 4 is 11.3 Å². The summed E-state index contributed by atoms with van der Waals surface area (Å²) in [5.41, 5.74) is 3.42. The van der Waals surface area contributed by atoms with Crippen molar-refractivity contribution in [2.24, 2.45) is 11.3 Å². The van der Waals surface area contributed by atoms with E-state index < -0.39 is 0 Å². The molecule has 2 heteroatoms. The lowest BCUT2D eigenvalue weighted by Crippen LogP contribution is -2.35. The summed E-state index contributed by atoms with van der Waals surface area (Å²) in [5, 5.41) is 8.27. The third-order valence-corrected chi connectivity index (χ3v) is 5.40. The van der Waals surface area contributed by atoms with Gasteiger partial charge in [0.25, 0.3) is 0 Å². The average molecular weight is 265 g/mol. The van der Waals surface area contributed by atoms with Crippen LogP contribution < -0.4 is 5.32 Å². The maximum atomic E-state index is 3.74. The second-order valence-electron chi connectivity index (χ2n) is 6.88. The quantitative estimate of drug-likeness (QED) is 0.831. The maximum absolute atomic E-state index is 3.74. The van der Waals surface area contributed by atoms with Gasteiger partial charge in [0, 0.05) is 12.6 Å². The van der Waals surface area contributed by atoms with E-state index in [-0.39, 0.29) is 0 Å². The molecule has 0 radical (unpaired) electrons. The van der Waals surface area contributed by atoms with Crippen molar-refractivity contribution in [1.82, 2.24) is 5.32 Å². The van der Waals surface area contributed by atoms with Crippen LogP contribution in [0.1, 0.15) is 57.6 Å². The van der Waals surface area contributed by atoms with Crippen LogP contribution in [0.25, 0.3) is 0 Å². The van der Waals surface area contributed by atoms with E-state index in [1.807, 2.05) is 11.3 Å². The van der Waals surface area contributed by atoms with Crippen LogP contribution in [0.2, 0.25) is 0 Å². The van der Waals surface area contributed by atoms with Crippen LogP contribution in [0.3, 0.4) is 0 Å². The maximum Gasteiger partial charge on any atom is 0.0218 e. The molecule has 0 atom stereocenters. The Morgan fingerprint density at radius 2 is 1.83 bits per heavy atom. The molecular weight excluding hydrogens is 238 g/mol. The van der Waals surface area contributed by atoms with Gasteiger partial charge in [0.2, 0.25) is 0 Å². The molecule has 1 fully saturated rings. The minimum Gasteiger partial charge on any atom is -0.310 e. The lowest BCUT2D eigenvalue weighted by Gasteiger charge is -2.37. The number of thiophene rings is 1. The van der Waals surface area contributed by atoms with Crippen LogP contribution in [0.5, 0.6) is 0 Å². The van der Waals surface area contributed by atoms with E-state index in [2.05, 4.69) is 43.8 Å². The highest BCUT2D eigenvalue weighted by molar-refractivity contribution is 7.08. The molecule has 0 aromatic carbocycles. The van der Waals surface area contributed by atoms with Crippen molar-refractivity contribution < 1.29 is 0 Å². The molecule has 0 bridgehead atoms. The molecule has 1 aliphatic rings. The molecule has 1 aliphatic carbocycles. The molecule has 1 nitrogen and oxygen atoms in total. The molecule has 2 rings (SSSR count). The molecule has 1 aromatic rings. The summed E-state index contributed by atoms with van der Waals surface area (Å²) < 4.78 is 0. The van der Waals surface area contributed by atoms with Crippen molar-refractivity contribution in [2.75, 3.05) is 0 Å². The molecule has 1 heterocycles. The van der Waals surface area contributed by atoms with Gasteiger partial charge in [-0.05, 0) is 65.8 Å². The van der Waals surface area contributed by atoms with Gasteiger partial charge in [0.1, 0.15) is 0 Å². The lowest BCUT2D eigenvalue weighted by atomic mass is 9.71. The van der Waals surface area contributed by atoms with E-state index in [0.717, 1.165) is 18.5 Å². The van der Waals surface area contributed by atoms with Crippen LogP contribution in [0.4, 0.5) is 0 Å². The van der Waals surface area contributed by atoms with Gasteiger partial charge in [0.05, 0.1) is 0 Å². The Bertz CT molecular complexity index is 367. The Balaban J connectivity index is 1.76. The van der Waals surface area contributed by atoms with Crippen LogP contribution in [0.15, 0.2) is 10.8 Å². The molecule has 1 saturated carbocycles. The van der Waals surface area contributed by atoms with E-state index in [4.69, 9.17) is 0 Å². The fraction of sp³-hybridized carbons (Fsp3) is 0.750. The van der Waals surface area contributed by atoms with Crippen LogP contribution >= 0.6 is 11.3 Å². The second kappa shape index (κ2) is 5.75. The fourth-order valence-electron chi connectivity index (χ4n) is 2.99. The van der Waals surface area contributed by atoms with Crippen molar-refractivity contribution in [3.05, 3.63) is 21.9 Å². The summed E-state index contributed by atoms with van der Waals surface area (Å²) in [5.74, 6) is 0.915. The number of hydrogen-bond acceptors (Lipinski definition) is 2. The van der Waals surface area contributed by atoms with Gasteiger partial charge < -0.3 is 5.32 Å². The van der Waals surface area contributed by atoms with E-state index in [0.29, 0.717) is 5.41 Å². The SMILES string of the molecule is Cc1cscc1CNC1CCC(C(C)(C)C)CC1. The first kappa shape index (κ1) is 14.1. The van der Waals surface area contributed by atoms with Gasteiger partial charge in [-0.15, -0.1) is 0 Å². The predicted octanol–water partition coefficient (Wildman–Crippen LogP) is 4.75. The van der Waals surface area contributed by atoms with Gasteiger partial charge >= 0.3 is 0 Å². The zero-order valence-electron chi connectivity index (χ0n) is 12.3. The zero-order valence-corrected chi connectivity index (χ0v) is 13.1. The van der Waals surface area contributed by atoms with E-state index in [1.54, 1.807) is 0 Å². The Hall–Kier alpha value is -0.340. The first-order valence-electron chi connectivity index (χ1n) is 7.22. The van der Waals surface area contributed by atoms with Crippen LogP contribution in [0, 0.1) is 18.3 Å². The number of hydrogen-bond donors (Lipinski definition) is 1. The minimum absolute atomic E-state index is 0.495. The number of rotatable bonds is 3. The van der Waals surface area contributed by atoms with E-state index >= 15 is 0 Å². The second-order valence-corrected chi connectivity index (χ2v) is 7.62. The summed E-state index contributed by atoms with van der Waals surface area (Å²) >= 11 is 1.82. The zero-order chi connectivity index (χ0) is 13.2. The van der Waals surface area contributed by atoms with Gasteiger partial charge in [-0.1, -0.05) is 20.8 Å². The summed E-state index contributed by atoms with van der Waals surface area (Å²) in [4.78, 5) is 0. The van der Waals surface area contributed by atoms with Crippen LogP contribution in [-0.2, 0) is 6.54 Å². The van der Waals surface area contributed by atoms with E-state index in [9.17, 15) is 0 Å². The Kier molecular flexibility index (Phi) is 4.50. The molecule has 102 valence electrons. The molecular formula is C16H27NS. The molecule has 1 N–H and O–H groups in total. The first-order chi connectivity index (χ1) is 8.47. The largest absolute Gasteiger partial charge is 0.310 e. The van der Waals surface area contributed by atoms with Gasteiger partial charge in [-0.25, -0.2) is 0 Å². The van der Waals surface area contributed by atoms with Crippen molar-refractivity contribution in [3.63, 3.8) is 0 Å². The average Bonchev–Trinajstić information content (AvgIpc) is 2.72. The molecule has 0 unspecified atom stereocenters. The van der Waals surface area contributed by atoms with E-state index in [1.165, 1.54) is 36.8 Å². The topological polar surface area (TPSA) is 12.0 Å². The third-order valence-electron chi connectivity index (χ3n) is 4.49. The fourth-order valence-corrected chi connectivity index (χ4v) is 3.84. The molecule has 18 heavy (non-hydrogen) atoms. The number of nitrogens with one attached hydrogen (secondary N) is 1. The molecule has 0 saturated heterocycles. The summed E-state index contributed by atoms with van der Waals surface area (Å²) in [6.45, 7) is 10.4. The third kappa shape index (κ3) is 3.58. The highest BCUT2D eigenvalue weighted by Gasteiger charge is 2.29. The summed E-state index contributed by atoms with van der Waals surface area (Å²) in [6, 6.07) is 0.739. The molecule has 0 amide bonds. The Morgan fingerprint density at radius 3 is 2.33 bits per heavy atom. The van der Waals surface area contributed by atoms with Crippen molar-refractivity contribution in [1.29, 1.82) is 0 Å². The normalized spacial score (nSPS) is 25.3. The minimum atomic E-state index is 0.495. The summed E-state index contributed by atoms with van der Waals surface area (Å²) in [6.07, 6.45) is 5.49. The van der Waals surface area contributed by atoms with Gasteiger partial charge in [0.15, 0.2) is 0 Å².